The summed E-state index contributed by atoms with van der Waals surface area (Å²) in [5, 5.41) is 1.50. The number of hydrazine groups is 1. The molecule has 2 aromatic rings. The summed E-state index contributed by atoms with van der Waals surface area (Å²) in [6.07, 6.45) is 0. The molecular weight excluding hydrogens is 357 g/mol. The van der Waals surface area contributed by atoms with Crippen LogP contribution in [0.3, 0.4) is 0 Å². The molecule has 0 saturated heterocycles. The van der Waals surface area contributed by atoms with E-state index in [1.165, 1.54) is 35.3 Å². The molecule has 128 valence electrons. The van der Waals surface area contributed by atoms with Gasteiger partial charge in [0.15, 0.2) is 0 Å². The summed E-state index contributed by atoms with van der Waals surface area (Å²) in [5.41, 5.74) is 2.27. The van der Waals surface area contributed by atoms with E-state index in [9.17, 15) is 17.6 Å². The number of nitrogens with zero attached hydrogens (tertiary/aromatic N) is 1. The maximum Gasteiger partial charge on any atom is 0.267 e. The van der Waals surface area contributed by atoms with E-state index >= 15 is 0 Å². The number of benzene rings is 2. The normalized spacial score (nSPS) is 11.4. The lowest BCUT2D eigenvalue weighted by molar-refractivity contribution is 0.0857. The summed E-state index contributed by atoms with van der Waals surface area (Å²) in [4.78, 5) is 11.8. The first-order valence-electron chi connectivity index (χ1n) is 6.76. The van der Waals surface area contributed by atoms with Gasteiger partial charge in [0.2, 0.25) is 0 Å². The van der Waals surface area contributed by atoms with E-state index in [-0.39, 0.29) is 21.2 Å². The minimum Gasteiger partial charge on any atom is -0.285 e. The van der Waals surface area contributed by atoms with Gasteiger partial charge >= 0.3 is 0 Å². The standard InChI is InChI=1S/C15H15ClFN3O3S/c1-20(2)18-15(21)11-9-10(7-8-12(11)16)24(22,23)19-14-6-4-3-5-13(14)17/h3-9,19H,1-2H3,(H,18,21). The summed E-state index contributed by atoms with van der Waals surface area (Å²) in [5.74, 6) is -1.27. The number of para-hydroxylation sites is 1. The van der Waals surface area contributed by atoms with Crippen molar-refractivity contribution in [2.24, 2.45) is 0 Å². The van der Waals surface area contributed by atoms with Gasteiger partial charge in [0, 0.05) is 14.1 Å². The molecule has 6 nitrogen and oxygen atoms in total. The number of carbonyl (C=O) groups excluding carboxylic acids is 1. The molecule has 24 heavy (non-hydrogen) atoms. The van der Waals surface area contributed by atoms with Crippen LogP contribution in [0, 0.1) is 5.82 Å². The fourth-order valence-corrected chi connectivity index (χ4v) is 3.15. The van der Waals surface area contributed by atoms with Gasteiger partial charge < -0.3 is 0 Å². The first kappa shape index (κ1) is 18.2. The zero-order valence-electron chi connectivity index (χ0n) is 12.9. The summed E-state index contributed by atoms with van der Waals surface area (Å²) in [7, 11) is -0.873. The number of sulfonamides is 1. The van der Waals surface area contributed by atoms with E-state index in [2.05, 4.69) is 10.1 Å². The number of halogens is 2. The van der Waals surface area contributed by atoms with Gasteiger partial charge in [-0.2, -0.15) is 0 Å². The predicted molar refractivity (Wildman–Crippen MR) is 89.8 cm³/mol. The van der Waals surface area contributed by atoms with Gasteiger partial charge in [0.1, 0.15) is 5.82 Å². The molecule has 0 aliphatic heterocycles. The van der Waals surface area contributed by atoms with Crippen LogP contribution in [0.25, 0.3) is 0 Å². The molecule has 0 aliphatic rings. The molecule has 0 bridgehead atoms. The SMILES string of the molecule is CN(C)NC(=O)c1cc(S(=O)(=O)Nc2ccccc2F)ccc1Cl. The molecule has 2 N–H and O–H groups in total. The minimum atomic E-state index is -4.08. The molecule has 9 heteroatoms. The van der Waals surface area contributed by atoms with Gasteiger partial charge in [-0.1, -0.05) is 23.7 Å². The molecule has 0 heterocycles. The van der Waals surface area contributed by atoms with Crippen molar-refractivity contribution in [3.8, 4) is 0 Å². The number of hydrogen-bond acceptors (Lipinski definition) is 4. The molecule has 2 rings (SSSR count). The van der Waals surface area contributed by atoms with Crippen molar-refractivity contribution in [3.63, 3.8) is 0 Å². The first-order valence-corrected chi connectivity index (χ1v) is 8.62. The number of carbonyl (C=O) groups is 1. The smallest absolute Gasteiger partial charge is 0.267 e. The van der Waals surface area contributed by atoms with E-state index in [4.69, 9.17) is 11.6 Å². The van der Waals surface area contributed by atoms with Gasteiger partial charge in [0.25, 0.3) is 15.9 Å². The van der Waals surface area contributed by atoms with E-state index in [1.54, 1.807) is 14.1 Å². The Kier molecular flexibility index (Phi) is 5.43. The molecule has 1 amide bonds. The first-order chi connectivity index (χ1) is 11.2. The highest BCUT2D eigenvalue weighted by atomic mass is 35.5. The van der Waals surface area contributed by atoms with Crippen molar-refractivity contribution in [2.75, 3.05) is 18.8 Å². The molecule has 0 spiro atoms. The molecular formula is C15H15ClFN3O3S. The maximum absolute atomic E-state index is 13.6. The Morgan fingerprint density at radius 1 is 1.17 bits per heavy atom. The minimum absolute atomic E-state index is 0.0122. The van der Waals surface area contributed by atoms with Gasteiger partial charge in [0.05, 0.1) is 21.2 Å². The lowest BCUT2D eigenvalue weighted by Gasteiger charge is -2.14. The van der Waals surface area contributed by atoms with Crippen molar-refractivity contribution < 1.29 is 17.6 Å². The van der Waals surface area contributed by atoms with Gasteiger partial charge in [-0.05, 0) is 30.3 Å². The molecule has 0 aromatic heterocycles. The third-order valence-corrected chi connectivity index (χ3v) is 4.63. The van der Waals surface area contributed by atoms with Crippen LogP contribution in [0.2, 0.25) is 5.02 Å². The number of anilines is 1. The van der Waals surface area contributed by atoms with Gasteiger partial charge in [-0.25, -0.2) is 17.8 Å². The Morgan fingerprint density at radius 2 is 1.83 bits per heavy atom. The van der Waals surface area contributed by atoms with Crippen LogP contribution < -0.4 is 10.1 Å². The van der Waals surface area contributed by atoms with Crippen LogP contribution in [0.5, 0.6) is 0 Å². The summed E-state index contributed by atoms with van der Waals surface area (Å²) < 4.78 is 40.6. The van der Waals surface area contributed by atoms with Crippen LogP contribution in [-0.4, -0.2) is 33.4 Å². The van der Waals surface area contributed by atoms with Crippen molar-refractivity contribution in [1.29, 1.82) is 0 Å². The van der Waals surface area contributed by atoms with E-state index in [0.717, 1.165) is 12.1 Å². The second-order valence-corrected chi connectivity index (χ2v) is 7.15. The molecule has 0 saturated carbocycles. The fraction of sp³-hybridized carbons (Fsp3) is 0.133. The molecule has 2 aromatic carbocycles. The molecule has 0 fully saturated rings. The number of amides is 1. The highest BCUT2D eigenvalue weighted by Gasteiger charge is 2.20. The lowest BCUT2D eigenvalue weighted by Crippen LogP contribution is -2.36. The Hall–Kier alpha value is -2.16. The van der Waals surface area contributed by atoms with Crippen molar-refractivity contribution in [3.05, 3.63) is 58.9 Å². The topological polar surface area (TPSA) is 78.5 Å². The van der Waals surface area contributed by atoms with Crippen molar-refractivity contribution >= 4 is 33.2 Å². The molecule has 0 radical (unpaired) electrons. The van der Waals surface area contributed by atoms with E-state index in [0.29, 0.717) is 0 Å². The van der Waals surface area contributed by atoms with Crippen LogP contribution in [0.15, 0.2) is 47.4 Å². The number of nitrogens with one attached hydrogen (secondary N) is 2. The Bertz CT molecular complexity index is 872. The van der Waals surface area contributed by atoms with E-state index < -0.39 is 21.7 Å². The van der Waals surface area contributed by atoms with Gasteiger partial charge in [-0.3, -0.25) is 14.9 Å². The average Bonchev–Trinajstić information content (AvgIpc) is 2.49. The molecule has 0 atom stereocenters. The quantitative estimate of drug-likeness (QED) is 0.791. The highest BCUT2D eigenvalue weighted by Crippen LogP contribution is 2.23. The zero-order chi connectivity index (χ0) is 17.9. The second kappa shape index (κ2) is 7.16. The fourth-order valence-electron chi connectivity index (χ4n) is 1.86. The Labute approximate surface area is 144 Å². The average molecular weight is 372 g/mol. The Balaban J connectivity index is 2.37. The summed E-state index contributed by atoms with van der Waals surface area (Å²) in [6, 6.07) is 9.03. The monoisotopic (exact) mass is 371 g/mol. The van der Waals surface area contributed by atoms with E-state index in [1.807, 2.05) is 0 Å². The summed E-state index contributed by atoms with van der Waals surface area (Å²) >= 11 is 5.96. The van der Waals surface area contributed by atoms with Crippen molar-refractivity contribution in [2.45, 2.75) is 4.90 Å². The third kappa shape index (κ3) is 4.22. The molecule has 0 aliphatic carbocycles. The number of rotatable bonds is 5. The Morgan fingerprint density at radius 3 is 2.46 bits per heavy atom. The van der Waals surface area contributed by atoms with Crippen molar-refractivity contribution in [1.82, 2.24) is 10.4 Å². The zero-order valence-corrected chi connectivity index (χ0v) is 14.5. The third-order valence-electron chi connectivity index (χ3n) is 2.94. The molecule has 0 unspecified atom stereocenters. The second-order valence-electron chi connectivity index (χ2n) is 5.06. The number of hydrogen-bond donors (Lipinski definition) is 2. The van der Waals surface area contributed by atoms with Crippen LogP contribution >= 0.6 is 11.6 Å². The van der Waals surface area contributed by atoms with Crippen LogP contribution in [0.4, 0.5) is 10.1 Å². The van der Waals surface area contributed by atoms with Crippen LogP contribution in [0.1, 0.15) is 10.4 Å². The predicted octanol–water partition coefficient (Wildman–Crippen LogP) is 2.49. The highest BCUT2D eigenvalue weighted by molar-refractivity contribution is 7.92. The largest absolute Gasteiger partial charge is 0.285 e. The summed E-state index contributed by atoms with van der Waals surface area (Å²) in [6.45, 7) is 0. The van der Waals surface area contributed by atoms with Gasteiger partial charge in [-0.15, -0.1) is 0 Å². The van der Waals surface area contributed by atoms with Crippen LogP contribution in [-0.2, 0) is 10.0 Å². The lowest BCUT2D eigenvalue weighted by atomic mass is 10.2. The maximum atomic E-state index is 13.6.